The number of halogens is 1. The third kappa shape index (κ3) is 2.88. The van der Waals surface area contributed by atoms with E-state index in [1.165, 1.54) is 24.7 Å². The van der Waals surface area contributed by atoms with Crippen molar-refractivity contribution >= 4 is 5.91 Å². The van der Waals surface area contributed by atoms with Crippen molar-refractivity contribution in [2.24, 2.45) is 0 Å². The number of carbonyl (C=O) groups is 1. The van der Waals surface area contributed by atoms with Crippen LogP contribution in [0.2, 0.25) is 0 Å². The smallest absolute Gasteiger partial charge is 0.255 e. The predicted octanol–water partition coefficient (Wildman–Crippen LogP) is 2.96. The maximum absolute atomic E-state index is 13.2. The van der Waals surface area contributed by atoms with E-state index in [2.05, 4.69) is 15.5 Å². The van der Waals surface area contributed by atoms with Crippen molar-refractivity contribution in [1.82, 2.24) is 15.5 Å². The van der Waals surface area contributed by atoms with Crippen LogP contribution in [0, 0.1) is 5.82 Å². The lowest BCUT2D eigenvalue weighted by Gasteiger charge is -2.07. The molecule has 3 rings (SSSR count). The molecule has 1 aromatic carbocycles. The first kappa shape index (κ1) is 14.0. The SMILES string of the molecule is CC(NC(=O)c1ccoc1)c1nc(-c2cccc(F)c2)no1. The molecule has 0 aliphatic rings. The van der Waals surface area contributed by atoms with Gasteiger partial charge in [-0.1, -0.05) is 17.3 Å². The summed E-state index contributed by atoms with van der Waals surface area (Å²) in [6, 6.07) is 6.93. The molecule has 0 aliphatic heterocycles. The summed E-state index contributed by atoms with van der Waals surface area (Å²) in [5.41, 5.74) is 0.903. The van der Waals surface area contributed by atoms with E-state index in [0.29, 0.717) is 11.1 Å². The summed E-state index contributed by atoms with van der Waals surface area (Å²) in [5.74, 6) is -0.202. The van der Waals surface area contributed by atoms with Gasteiger partial charge in [0.1, 0.15) is 18.1 Å². The first-order valence-corrected chi connectivity index (χ1v) is 6.56. The summed E-state index contributed by atoms with van der Waals surface area (Å²) in [6.07, 6.45) is 2.75. The number of amides is 1. The zero-order valence-corrected chi connectivity index (χ0v) is 11.6. The molecular formula is C15H12FN3O3. The van der Waals surface area contributed by atoms with Crippen molar-refractivity contribution in [2.45, 2.75) is 13.0 Å². The number of nitrogens with one attached hydrogen (secondary N) is 1. The topological polar surface area (TPSA) is 81.2 Å². The molecule has 0 aliphatic carbocycles. The van der Waals surface area contributed by atoms with Crippen LogP contribution in [-0.2, 0) is 0 Å². The molecule has 1 unspecified atom stereocenters. The minimum absolute atomic E-state index is 0.233. The van der Waals surface area contributed by atoms with Gasteiger partial charge < -0.3 is 14.3 Å². The lowest BCUT2D eigenvalue weighted by Crippen LogP contribution is -2.26. The van der Waals surface area contributed by atoms with Gasteiger partial charge in [0.2, 0.25) is 11.7 Å². The van der Waals surface area contributed by atoms with Gasteiger partial charge in [0.25, 0.3) is 5.91 Å². The molecule has 3 aromatic rings. The monoisotopic (exact) mass is 301 g/mol. The van der Waals surface area contributed by atoms with Crippen molar-refractivity contribution in [1.29, 1.82) is 0 Å². The maximum atomic E-state index is 13.2. The van der Waals surface area contributed by atoms with Gasteiger partial charge in [-0.15, -0.1) is 0 Å². The zero-order valence-electron chi connectivity index (χ0n) is 11.6. The number of hydrogen-bond acceptors (Lipinski definition) is 5. The Bertz CT molecular complexity index is 783. The van der Waals surface area contributed by atoms with Gasteiger partial charge in [0.05, 0.1) is 11.8 Å². The van der Waals surface area contributed by atoms with E-state index in [1.54, 1.807) is 25.1 Å². The summed E-state index contributed by atoms with van der Waals surface area (Å²) >= 11 is 0. The number of nitrogens with zero attached hydrogens (tertiary/aromatic N) is 2. The van der Waals surface area contributed by atoms with Crippen molar-refractivity contribution in [3.05, 3.63) is 60.1 Å². The second kappa shape index (κ2) is 5.80. The van der Waals surface area contributed by atoms with Crippen LogP contribution in [0.1, 0.15) is 29.2 Å². The fourth-order valence-corrected chi connectivity index (χ4v) is 1.89. The molecule has 2 heterocycles. The Balaban J connectivity index is 1.74. The Kier molecular flexibility index (Phi) is 3.69. The molecule has 0 spiro atoms. The van der Waals surface area contributed by atoms with E-state index in [0.717, 1.165) is 0 Å². The van der Waals surface area contributed by atoms with E-state index in [4.69, 9.17) is 8.94 Å². The average molecular weight is 301 g/mol. The van der Waals surface area contributed by atoms with Crippen molar-refractivity contribution in [3.8, 4) is 11.4 Å². The highest BCUT2D eigenvalue weighted by Gasteiger charge is 2.18. The average Bonchev–Trinajstić information content (AvgIpc) is 3.19. The van der Waals surface area contributed by atoms with Gasteiger partial charge in [-0.05, 0) is 25.1 Å². The zero-order chi connectivity index (χ0) is 15.5. The van der Waals surface area contributed by atoms with Crippen LogP contribution in [0.3, 0.4) is 0 Å². The molecule has 1 amide bonds. The molecule has 0 saturated heterocycles. The van der Waals surface area contributed by atoms with Crippen LogP contribution in [0.4, 0.5) is 4.39 Å². The number of furan rings is 1. The Labute approximate surface area is 124 Å². The molecule has 0 radical (unpaired) electrons. The highest BCUT2D eigenvalue weighted by atomic mass is 19.1. The number of carbonyl (C=O) groups excluding carboxylic acids is 1. The van der Waals surface area contributed by atoms with E-state index in [1.807, 2.05) is 0 Å². The van der Waals surface area contributed by atoms with Crippen LogP contribution >= 0.6 is 0 Å². The van der Waals surface area contributed by atoms with E-state index >= 15 is 0 Å². The van der Waals surface area contributed by atoms with Gasteiger partial charge >= 0.3 is 0 Å². The normalized spacial score (nSPS) is 12.1. The van der Waals surface area contributed by atoms with E-state index in [-0.39, 0.29) is 23.4 Å². The van der Waals surface area contributed by atoms with Gasteiger partial charge in [-0.2, -0.15) is 4.98 Å². The Morgan fingerprint density at radius 1 is 1.36 bits per heavy atom. The summed E-state index contributed by atoms with van der Waals surface area (Å²) < 4.78 is 23.2. The lowest BCUT2D eigenvalue weighted by atomic mass is 10.2. The van der Waals surface area contributed by atoms with Crippen LogP contribution in [-0.4, -0.2) is 16.0 Å². The van der Waals surface area contributed by atoms with Crippen molar-refractivity contribution in [3.63, 3.8) is 0 Å². The number of hydrogen-bond donors (Lipinski definition) is 1. The third-order valence-electron chi connectivity index (χ3n) is 3.03. The number of aromatic nitrogens is 2. The lowest BCUT2D eigenvalue weighted by molar-refractivity contribution is 0.0932. The Hall–Kier alpha value is -2.96. The standard InChI is InChI=1S/C15H12FN3O3/c1-9(17-14(20)11-5-6-21-8-11)15-18-13(19-22-15)10-3-2-4-12(16)7-10/h2-9H,1H3,(H,17,20). The molecule has 2 aromatic heterocycles. The molecular weight excluding hydrogens is 289 g/mol. The first-order chi connectivity index (χ1) is 10.6. The van der Waals surface area contributed by atoms with Crippen molar-refractivity contribution < 1.29 is 18.1 Å². The largest absolute Gasteiger partial charge is 0.472 e. The second-order valence-corrected chi connectivity index (χ2v) is 4.67. The van der Waals surface area contributed by atoms with Crippen LogP contribution in [0.5, 0.6) is 0 Å². The van der Waals surface area contributed by atoms with Crippen LogP contribution < -0.4 is 5.32 Å². The fourth-order valence-electron chi connectivity index (χ4n) is 1.89. The molecule has 1 N–H and O–H groups in total. The molecule has 1 atom stereocenters. The highest BCUT2D eigenvalue weighted by Crippen LogP contribution is 2.19. The molecule has 6 nitrogen and oxygen atoms in total. The molecule has 0 saturated carbocycles. The van der Waals surface area contributed by atoms with Crippen molar-refractivity contribution in [2.75, 3.05) is 0 Å². The van der Waals surface area contributed by atoms with Gasteiger partial charge in [-0.25, -0.2) is 4.39 Å². The molecule has 0 fully saturated rings. The molecule has 0 bridgehead atoms. The Morgan fingerprint density at radius 3 is 2.95 bits per heavy atom. The second-order valence-electron chi connectivity index (χ2n) is 4.67. The van der Waals surface area contributed by atoms with Gasteiger partial charge in [0, 0.05) is 5.56 Å². The minimum atomic E-state index is -0.489. The molecule has 22 heavy (non-hydrogen) atoms. The fraction of sp³-hybridized carbons (Fsp3) is 0.133. The Morgan fingerprint density at radius 2 is 2.23 bits per heavy atom. The molecule has 112 valence electrons. The minimum Gasteiger partial charge on any atom is -0.472 e. The van der Waals surface area contributed by atoms with Crippen LogP contribution in [0.15, 0.2) is 51.8 Å². The summed E-state index contributed by atoms with van der Waals surface area (Å²) in [4.78, 5) is 16.1. The van der Waals surface area contributed by atoms with Gasteiger partial charge in [0.15, 0.2) is 0 Å². The summed E-state index contributed by atoms with van der Waals surface area (Å²) in [5, 5.41) is 6.50. The maximum Gasteiger partial charge on any atom is 0.255 e. The third-order valence-corrected chi connectivity index (χ3v) is 3.03. The summed E-state index contributed by atoms with van der Waals surface area (Å²) in [7, 11) is 0. The molecule has 7 heteroatoms. The van der Waals surface area contributed by atoms with Crippen LogP contribution in [0.25, 0.3) is 11.4 Å². The van der Waals surface area contributed by atoms with Gasteiger partial charge in [-0.3, -0.25) is 4.79 Å². The number of rotatable bonds is 4. The quantitative estimate of drug-likeness (QED) is 0.801. The highest BCUT2D eigenvalue weighted by molar-refractivity contribution is 5.93. The predicted molar refractivity (Wildman–Crippen MR) is 74.3 cm³/mol. The number of benzene rings is 1. The first-order valence-electron chi connectivity index (χ1n) is 6.56. The summed E-state index contributed by atoms with van der Waals surface area (Å²) in [6.45, 7) is 1.71. The van der Waals surface area contributed by atoms with E-state index in [9.17, 15) is 9.18 Å². The van der Waals surface area contributed by atoms with E-state index < -0.39 is 6.04 Å².